The van der Waals surface area contributed by atoms with Crippen LogP contribution in [0.3, 0.4) is 0 Å². The van der Waals surface area contributed by atoms with E-state index in [0.717, 1.165) is 0 Å². The molecular formula is C14H19BrN4O2. The lowest BCUT2D eigenvalue weighted by atomic mass is 10.1. The van der Waals surface area contributed by atoms with Crippen LogP contribution in [0.5, 0.6) is 0 Å². The average Bonchev–Trinajstić information content (AvgIpc) is 2.36. The van der Waals surface area contributed by atoms with Gasteiger partial charge < -0.3 is 10.1 Å². The van der Waals surface area contributed by atoms with E-state index in [-0.39, 0.29) is 5.71 Å². The summed E-state index contributed by atoms with van der Waals surface area (Å²) in [6, 6.07) is 3.30. The predicted molar refractivity (Wildman–Crippen MR) is 87.0 cm³/mol. The standard InChI is InChI=1S/C14H19BrN4O2/c1-14(2,3)21-13(20)19-11-7-9(5-6-18-11)12(16)10(15)8-17-4/h5-8,16-17H,1-4H3,(H,18,19,20)/b10-8+,16-12?. The third-order valence-corrected chi connectivity index (χ3v) is 2.81. The van der Waals surface area contributed by atoms with E-state index in [9.17, 15) is 4.79 Å². The Bertz CT molecular complexity index is 564. The molecule has 0 unspecified atom stereocenters. The molecule has 0 spiro atoms. The minimum absolute atomic E-state index is 0.277. The molecule has 1 heterocycles. The predicted octanol–water partition coefficient (Wildman–Crippen LogP) is 3.25. The fourth-order valence-electron chi connectivity index (χ4n) is 1.40. The lowest BCUT2D eigenvalue weighted by Crippen LogP contribution is -2.27. The largest absolute Gasteiger partial charge is 0.444 e. The first-order chi connectivity index (χ1) is 9.73. The normalized spacial score (nSPS) is 11.8. The van der Waals surface area contributed by atoms with Crippen molar-refractivity contribution < 1.29 is 9.53 Å². The van der Waals surface area contributed by atoms with Crippen molar-refractivity contribution in [3.05, 3.63) is 34.6 Å². The van der Waals surface area contributed by atoms with E-state index in [1.807, 2.05) is 0 Å². The summed E-state index contributed by atoms with van der Waals surface area (Å²) in [7, 11) is 1.75. The maximum absolute atomic E-state index is 11.7. The summed E-state index contributed by atoms with van der Waals surface area (Å²) in [5, 5.41) is 13.4. The maximum Gasteiger partial charge on any atom is 0.413 e. The second-order valence-corrected chi connectivity index (χ2v) is 6.07. The van der Waals surface area contributed by atoms with Crippen molar-refractivity contribution in [3.63, 3.8) is 0 Å². The smallest absolute Gasteiger partial charge is 0.413 e. The molecule has 114 valence electrons. The van der Waals surface area contributed by atoms with Crippen LogP contribution in [-0.2, 0) is 4.74 Å². The number of hydrogen-bond acceptors (Lipinski definition) is 5. The topological polar surface area (TPSA) is 87.1 Å². The van der Waals surface area contributed by atoms with Crippen LogP contribution in [0.25, 0.3) is 0 Å². The number of halogens is 1. The molecule has 21 heavy (non-hydrogen) atoms. The SMILES string of the molecule is CN/C=C(/Br)C(=N)c1ccnc(NC(=O)OC(C)(C)C)c1. The van der Waals surface area contributed by atoms with E-state index in [2.05, 4.69) is 31.5 Å². The summed E-state index contributed by atoms with van der Waals surface area (Å²) in [6.07, 6.45) is 2.60. The van der Waals surface area contributed by atoms with E-state index in [0.29, 0.717) is 15.9 Å². The Morgan fingerprint density at radius 1 is 1.48 bits per heavy atom. The molecule has 3 N–H and O–H groups in total. The van der Waals surface area contributed by atoms with E-state index in [1.165, 1.54) is 6.20 Å². The molecule has 0 aliphatic heterocycles. The fourth-order valence-corrected chi connectivity index (χ4v) is 1.86. The number of anilines is 1. The first-order valence-electron chi connectivity index (χ1n) is 6.31. The number of nitrogens with one attached hydrogen (secondary N) is 3. The zero-order valence-corrected chi connectivity index (χ0v) is 14.0. The molecule has 0 bridgehead atoms. The summed E-state index contributed by atoms with van der Waals surface area (Å²) in [5.74, 6) is 0.330. The molecule has 0 fully saturated rings. The highest BCUT2D eigenvalue weighted by atomic mass is 79.9. The van der Waals surface area contributed by atoms with Crippen LogP contribution in [0.15, 0.2) is 29.0 Å². The zero-order chi connectivity index (χ0) is 16.0. The Morgan fingerprint density at radius 3 is 2.71 bits per heavy atom. The Kier molecular flexibility index (Phi) is 5.90. The minimum atomic E-state index is -0.580. The number of aromatic nitrogens is 1. The van der Waals surface area contributed by atoms with Crippen LogP contribution >= 0.6 is 15.9 Å². The van der Waals surface area contributed by atoms with Gasteiger partial charge in [-0.25, -0.2) is 9.78 Å². The highest BCUT2D eigenvalue weighted by molar-refractivity contribution is 9.12. The molecule has 0 aliphatic carbocycles. The van der Waals surface area contributed by atoms with Gasteiger partial charge in [0.05, 0.1) is 10.2 Å². The Labute approximate surface area is 132 Å². The molecule has 6 nitrogen and oxygen atoms in total. The maximum atomic E-state index is 11.7. The lowest BCUT2D eigenvalue weighted by molar-refractivity contribution is 0.0635. The van der Waals surface area contributed by atoms with Crippen LogP contribution in [-0.4, -0.2) is 29.4 Å². The van der Waals surface area contributed by atoms with E-state index in [4.69, 9.17) is 10.1 Å². The van der Waals surface area contributed by atoms with E-state index >= 15 is 0 Å². The molecular weight excluding hydrogens is 336 g/mol. The summed E-state index contributed by atoms with van der Waals surface area (Å²) in [4.78, 5) is 15.7. The number of nitrogens with zero attached hydrogens (tertiary/aromatic N) is 1. The molecule has 1 aromatic rings. The Balaban J connectivity index is 2.84. The van der Waals surface area contributed by atoms with Gasteiger partial charge in [0.25, 0.3) is 0 Å². The van der Waals surface area contributed by atoms with Crippen molar-refractivity contribution in [3.8, 4) is 0 Å². The molecule has 0 saturated heterocycles. The first kappa shape index (κ1) is 17.2. The highest BCUT2D eigenvalue weighted by Gasteiger charge is 2.17. The van der Waals surface area contributed by atoms with Gasteiger partial charge in [-0.1, -0.05) is 0 Å². The highest BCUT2D eigenvalue weighted by Crippen LogP contribution is 2.16. The fraction of sp³-hybridized carbons (Fsp3) is 0.357. The second-order valence-electron chi connectivity index (χ2n) is 5.21. The van der Waals surface area contributed by atoms with E-state index in [1.54, 1.807) is 46.2 Å². The molecule has 7 heteroatoms. The molecule has 0 atom stereocenters. The molecule has 1 aromatic heterocycles. The van der Waals surface area contributed by atoms with Crippen molar-refractivity contribution >= 4 is 33.6 Å². The van der Waals surface area contributed by atoms with Gasteiger partial charge in [0.1, 0.15) is 11.4 Å². The van der Waals surface area contributed by atoms with Crippen LogP contribution in [0.4, 0.5) is 10.6 Å². The number of pyridine rings is 1. The summed E-state index contributed by atoms with van der Waals surface area (Å²) < 4.78 is 5.75. The van der Waals surface area contributed by atoms with Crippen molar-refractivity contribution in [1.29, 1.82) is 5.41 Å². The molecule has 1 rings (SSSR count). The number of hydrogen-bond donors (Lipinski definition) is 3. The molecule has 1 amide bonds. The number of ether oxygens (including phenoxy) is 1. The second kappa shape index (κ2) is 7.21. The number of carbonyl (C=O) groups is 1. The average molecular weight is 355 g/mol. The van der Waals surface area contributed by atoms with Crippen molar-refractivity contribution in [2.24, 2.45) is 0 Å². The minimum Gasteiger partial charge on any atom is -0.444 e. The summed E-state index contributed by atoms with van der Waals surface area (Å²) in [5.41, 5.74) is 0.320. The van der Waals surface area contributed by atoms with Crippen LogP contribution in [0.2, 0.25) is 0 Å². The van der Waals surface area contributed by atoms with Gasteiger partial charge in [-0.2, -0.15) is 0 Å². The molecule has 0 aliphatic rings. The summed E-state index contributed by atoms with van der Waals surface area (Å²) >= 11 is 3.30. The van der Waals surface area contributed by atoms with E-state index < -0.39 is 11.7 Å². The molecule has 0 aromatic carbocycles. The molecule has 0 radical (unpaired) electrons. The van der Waals surface area contributed by atoms with Crippen molar-refractivity contribution in [1.82, 2.24) is 10.3 Å². The third-order valence-electron chi connectivity index (χ3n) is 2.19. The third kappa shape index (κ3) is 5.95. The van der Waals surface area contributed by atoms with Gasteiger partial charge >= 0.3 is 6.09 Å². The number of allylic oxidation sites excluding steroid dienone is 1. The summed E-state index contributed by atoms with van der Waals surface area (Å²) in [6.45, 7) is 5.35. The molecule has 0 saturated carbocycles. The Morgan fingerprint density at radius 2 is 2.14 bits per heavy atom. The number of carbonyl (C=O) groups excluding carboxylic acids is 1. The van der Waals surface area contributed by atoms with Gasteiger partial charge in [-0.05, 0) is 48.8 Å². The van der Waals surface area contributed by atoms with Gasteiger partial charge in [-0.3, -0.25) is 10.7 Å². The van der Waals surface area contributed by atoms with Crippen LogP contribution < -0.4 is 10.6 Å². The Hall–Kier alpha value is -1.89. The quantitative estimate of drug-likeness (QED) is 0.724. The van der Waals surface area contributed by atoms with Crippen molar-refractivity contribution in [2.75, 3.05) is 12.4 Å². The van der Waals surface area contributed by atoms with Gasteiger partial charge in [0.2, 0.25) is 0 Å². The monoisotopic (exact) mass is 354 g/mol. The number of rotatable bonds is 4. The van der Waals surface area contributed by atoms with Crippen LogP contribution in [0, 0.1) is 5.41 Å². The van der Waals surface area contributed by atoms with Gasteiger partial charge in [0.15, 0.2) is 0 Å². The first-order valence-corrected chi connectivity index (χ1v) is 7.10. The van der Waals surface area contributed by atoms with Gasteiger partial charge in [-0.15, -0.1) is 0 Å². The zero-order valence-electron chi connectivity index (χ0n) is 12.5. The van der Waals surface area contributed by atoms with Crippen molar-refractivity contribution in [2.45, 2.75) is 26.4 Å². The van der Waals surface area contributed by atoms with Gasteiger partial charge in [0, 0.05) is 25.0 Å². The lowest BCUT2D eigenvalue weighted by Gasteiger charge is -2.19. The van der Waals surface area contributed by atoms with Crippen LogP contribution in [0.1, 0.15) is 26.3 Å². The number of amides is 1.